The Balaban J connectivity index is 0.00000259. The molecule has 0 spiro atoms. The van der Waals surface area contributed by atoms with E-state index in [4.69, 9.17) is 0 Å². The van der Waals surface area contributed by atoms with Crippen LogP contribution < -0.4 is 0 Å². The maximum Gasteiger partial charge on any atom is 0.282 e. The summed E-state index contributed by atoms with van der Waals surface area (Å²) < 4.78 is 60.2. The van der Waals surface area contributed by atoms with Gasteiger partial charge in [-0.2, -0.15) is 25.6 Å². The van der Waals surface area contributed by atoms with Gasteiger partial charge in [0.1, 0.15) is 11.4 Å². The summed E-state index contributed by atoms with van der Waals surface area (Å²) in [7, 11) is -8.15. The number of allylic oxidation sites excluding steroid dienone is 2. The number of halogens is 1. The van der Waals surface area contributed by atoms with Crippen molar-refractivity contribution < 1.29 is 16.8 Å². The predicted octanol–water partition coefficient (Wildman–Crippen LogP) is 4.46. The molecule has 33 heavy (non-hydrogen) atoms. The lowest BCUT2D eigenvalue weighted by atomic mass is 9.89. The lowest BCUT2D eigenvalue weighted by Gasteiger charge is -2.18. The van der Waals surface area contributed by atoms with Crippen LogP contribution in [0.2, 0.25) is 0 Å². The normalized spacial score (nSPS) is 17.4. The highest BCUT2D eigenvalue weighted by Crippen LogP contribution is 2.38. The van der Waals surface area contributed by atoms with Crippen LogP contribution in [0.1, 0.15) is 23.1 Å². The second-order valence-electron chi connectivity index (χ2n) is 7.50. The molecular weight excluding hydrogens is 480 g/mol. The molecule has 0 unspecified atom stereocenters. The van der Waals surface area contributed by atoms with E-state index in [1.807, 2.05) is 12.1 Å². The van der Waals surface area contributed by atoms with Gasteiger partial charge in [0.05, 0.1) is 9.79 Å². The van der Waals surface area contributed by atoms with Crippen LogP contribution in [0.5, 0.6) is 0 Å². The van der Waals surface area contributed by atoms with Crippen molar-refractivity contribution in [3.63, 3.8) is 0 Å². The van der Waals surface area contributed by atoms with E-state index < -0.39 is 20.0 Å². The maximum atomic E-state index is 13.1. The average Bonchev–Trinajstić information content (AvgIpc) is 3.21. The van der Waals surface area contributed by atoms with Crippen LogP contribution in [-0.4, -0.2) is 28.3 Å². The lowest BCUT2D eigenvalue weighted by molar-refractivity contribution is 0.596. The van der Waals surface area contributed by atoms with E-state index in [9.17, 15) is 16.8 Å². The van der Waals surface area contributed by atoms with Gasteiger partial charge in [0, 0.05) is 5.56 Å². The molecule has 0 fully saturated rings. The van der Waals surface area contributed by atoms with Crippen LogP contribution in [0.25, 0.3) is 5.57 Å². The van der Waals surface area contributed by atoms with Gasteiger partial charge >= 0.3 is 0 Å². The van der Waals surface area contributed by atoms with Gasteiger partial charge in [-0.3, -0.25) is 0 Å². The van der Waals surface area contributed by atoms with Crippen LogP contribution in [0.4, 0.5) is 0 Å². The number of benzene rings is 3. The molecule has 6 nitrogen and oxygen atoms in total. The second kappa shape index (κ2) is 8.70. The summed E-state index contributed by atoms with van der Waals surface area (Å²) in [5.41, 5.74) is 3.59. The number of hydrogen-bond acceptors (Lipinski definition) is 4. The van der Waals surface area contributed by atoms with Crippen molar-refractivity contribution in [1.82, 2.24) is 0 Å². The molecule has 2 aliphatic rings. The monoisotopic (exact) mass is 498 g/mol. The third-order valence-corrected chi connectivity index (χ3v) is 8.05. The first kappa shape index (κ1) is 23.1. The smallest absolute Gasteiger partial charge is 0.199 e. The highest BCUT2D eigenvalue weighted by molar-refractivity contribution is 7.91. The zero-order valence-electron chi connectivity index (χ0n) is 17.2. The molecule has 0 radical (unpaired) electrons. The summed E-state index contributed by atoms with van der Waals surface area (Å²) in [6, 6.07) is 21.3. The predicted molar refractivity (Wildman–Crippen MR) is 131 cm³/mol. The minimum absolute atomic E-state index is 0. The highest BCUT2D eigenvalue weighted by Gasteiger charge is 2.31. The van der Waals surface area contributed by atoms with Gasteiger partial charge < -0.3 is 0 Å². The molecule has 0 saturated carbocycles. The standard InChI is InChI=1S/C24H18N2O4S2.ClH/c27-31(28,19-9-3-1-4-10-19)25-22-16-18-15-14-17-8-7-13-21(23(17)18)24(22)26-32(29,30)20-11-5-2-6-12-20;/h1-13,16H,14-15H2;1H/b25-22-,26-24-;. The Morgan fingerprint density at radius 1 is 0.636 bits per heavy atom. The van der Waals surface area contributed by atoms with E-state index in [0.29, 0.717) is 5.56 Å². The van der Waals surface area contributed by atoms with Gasteiger partial charge in [-0.1, -0.05) is 54.6 Å². The largest absolute Gasteiger partial charge is 0.282 e. The molecule has 168 valence electrons. The lowest BCUT2D eigenvalue weighted by Crippen LogP contribution is -2.23. The molecule has 2 aliphatic carbocycles. The van der Waals surface area contributed by atoms with Crippen molar-refractivity contribution >= 4 is 49.5 Å². The summed E-state index contributed by atoms with van der Waals surface area (Å²) in [4.78, 5) is 0.0576. The molecule has 3 aromatic carbocycles. The molecule has 0 heterocycles. The quantitative estimate of drug-likeness (QED) is 0.530. The van der Waals surface area contributed by atoms with Crippen molar-refractivity contribution in [2.24, 2.45) is 8.80 Å². The first-order valence-electron chi connectivity index (χ1n) is 9.99. The van der Waals surface area contributed by atoms with E-state index in [0.717, 1.165) is 29.5 Å². The summed E-state index contributed by atoms with van der Waals surface area (Å²) in [6.07, 6.45) is 3.18. The molecule has 3 aromatic rings. The molecule has 0 N–H and O–H groups in total. The van der Waals surface area contributed by atoms with Crippen molar-refractivity contribution in [3.8, 4) is 0 Å². The molecule has 9 heteroatoms. The van der Waals surface area contributed by atoms with Crippen molar-refractivity contribution in [2.45, 2.75) is 22.6 Å². The Kier molecular flexibility index (Phi) is 6.09. The van der Waals surface area contributed by atoms with E-state index in [2.05, 4.69) is 8.80 Å². The molecule has 0 saturated heterocycles. The third-order valence-electron chi connectivity index (χ3n) is 5.46. The summed E-state index contributed by atoms with van der Waals surface area (Å²) in [5, 5.41) is 0. The van der Waals surface area contributed by atoms with E-state index in [-0.39, 0.29) is 33.6 Å². The second-order valence-corrected chi connectivity index (χ2v) is 10.7. The molecule has 0 aromatic heterocycles. The minimum atomic E-state index is -4.08. The highest BCUT2D eigenvalue weighted by atomic mass is 35.5. The number of rotatable bonds is 4. The van der Waals surface area contributed by atoms with Crippen molar-refractivity contribution in [1.29, 1.82) is 0 Å². The number of sulfonamides is 2. The van der Waals surface area contributed by atoms with Gasteiger partial charge in [0.15, 0.2) is 0 Å². The fourth-order valence-corrected chi connectivity index (χ4v) is 6.04. The Morgan fingerprint density at radius 3 is 1.82 bits per heavy atom. The van der Waals surface area contributed by atoms with Gasteiger partial charge in [-0.05, 0) is 59.9 Å². The first-order chi connectivity index (χ1) is 15.4. The van der Waals surface area contributed by atoms with Crippen LogP contribution in [-0.2, 0) is 26.5 Å². The van der Waals surface area contributed by atoms with Crippen molar-refractivity contribution in [3.05, 3.63) is 102 Å². The number of aryl methyl sites for hydroxylation is 1. The fraction of sp³-hybridized carbons (Fsp3) is 0.0833. The Hall–Kier alpha value is -3.07. The topological polar surface area (TPSA) is 93.0 Å². The van der Waals surface area contributed by atoms with Crippen LogP contribution in [0.3, 0.4) is 0 Å². The van der Waals surface area contributed by atoms with Gasteiger partial charge in [0.25, 0.3) is 20.0 Å². The van der Waals surface area contributed by atoms with E-state index in [1.54, 1.807) is 48.5 Å². The summed E-state index contributed by atoms with van der Waals surface area (Å²) in [5.74, 6) is 0. The van der Waals surface area contributed by atoms with Crippen LogP contribution in [0, 0.1) is 0 Å². The fourth-order valence-electron chi connectivity index (χ4n) is 4.00. The van der Waals surface area contributed by atoms with Gasteiger partial charge in [-0.25, -0.2) is 0 Å². The third kappa shape index (κ3) is 4.29. The summed E-state index contributed by atoms with van der Waals surface area (Å²) >= 11 is 0. The molecule has 5 rings (SSSR count). The van der Waals surface area contributed by atoms with E-state index >= 15 is 0 Å². The molecule has 0 bridgehead atoms. The molecular formula is C24H19ClN2O4S2. The molecule has 0 atom stereocenters. The van der Waals surface area contributed by atoms with Gasteiger partial charge in [-0.15, -0.1) is 12.4 Å². The number of hydrogen-bond donors (Lipinski definition) is 0. The minimum Gasteiger partial charge on any atom is -0.199 e. The summed E-state index contributed by atoms with van der Waals surface area (Å²) in [6.45, 7) is 0. The maximum absolute atomic E-state index is 13.1. The SMILES string of the molecule is Cl.O=S(=O)(/N=C1/C=C2CCc3cccc(c32)/C1=N/S(=O)(=O)c1ccccc1)c1ccccc1. The number of nitrogens with zero attached hydrogens (tertiary/aromatic N) is 2. The van der Waals surface area contributed by atoms with Crippen molar-refractivity contribution in [2.75, 3.05) is 0 Å². The molecule has 0 amide bonds. The Morgan fingerprint density at radius 2 is 1.21 bits per heavy atom. The van der Waals surface area contributed by atoms with E-state index in [1.165, 1.54) is 24.3 Å². The Labute approximate surface area is 198 Å². The van der Waals surface area contributed by atoms with Crippen LogP contribution >= 0.6 is 12.4 Å². The Bertz CT molecular complexity index is 1530. The molecule has 0 aliphatic heterocycles. The zero-order chi connectivity index (χ0) is 22.3. The van der Waals surface area contributed by atoms with Crippen LogP contribution in [0.15, 0.2) is 104 Å². The first-order valence-corrected chi connectivity index (χ1v) is 12.9. The zero-order valence-corrected chi connectivity index (χ0v) is 19.7. The average molecular weight is 499 g/mol. The van der Waals surface area contributed by atoms with Gasteiger partial charge in [0.2, 0.25) is 0 Å².